The molecule has 1 aliphatic rings. The molecule has 0 aromatic carbocycles. The summed E-state index contributed by atoms with van der Waals surface area (Å²) in [5, 5.41) is 3.44. The second-order valence-corrected chi connectivity index (χ2v) is 5.38. The number of hydrogen-bond donors (Lipinski definition) is 1. The van der Waals surface area contributed by atoms with Crippen molar-refractivity contribution in [3.63, 3.8) is 0 Å². The van der Waals surface area contributed by atoms with Crippen LogP contribution in [-0.2, 0) is 14.2 Å². The lowest BCUT2D eigenvalue weighted by atomic mass is 10.1. The average Bonchev–Trinajstić information content (AvgIpc) is 2.85. The van der Waals surface area contributed by atoms with Crippen molar-refractivity contribution in [1.29, 1.82) is 0 Å². The van der Waals surface area contributed by atoms with Gasteiger partial charge in [-0.1, -0.05) is 13.8 Å². The van der Waals surface area contributed by atoms with Gasteiger partial charge >= 0.3 is 0 Å². The number of hydrogen-bond acceptors (Lipinski definition) is 4. The Balaban J connectivity index is 1.83. The van der Waals surface area contributed by atoms with Crippen LogP contribution in [0.1, 0.15) is 33.6 Å². The highest BCUT2D eigenvalue weighted by Crippen LogP contribution is 2.14. The maximum atomic E-state index is 5.62. The minimum Gasteiger partial charge on any atom is -0.379 e. The number of ether oxygens (including phenoxy) is 3. The molecule has 0 aromatic rings. The van der Waals surface area contributed by atoms with Gasteiger partial charge in [0.05, 0.1) is 25.9 Å². The number of nitrogens with one attached hydrogen (secondary N) is 1. The molecule has 0 aliphatic carbocycles. The highest BCUT2D eigenvalue weighted by Gasteiger charge is 2.21. The molecule has 108 valence electrons. The van der Waals surface area contributed by atoms with E-state index in [1.165, 1.54) is 12.8 Å². The van der Waals surface area contributed by atoms with Gasteiger partial charge in [-0.25, -0.2) is 0 Å². The largest absolute Gasteiger partial charge is 0.379 e. The summed E-state index contributed by atoms with van der Waals surface area (Å²) in [6.07, 6.45) is 2.76. The Kier molecular flexibility index (Phi) is 8.59. The molecule has 0 spiro atoms. The van der Waals surface area contributed by atoms with Gasteiger partial charge in [-0.2, -0.15) is 0 Å². The monoisotopic (exact) mass is 259 g/mol. The van der Waals surface area contributed by atoms with Gasteiger partial charge in [0, 0.05) is 25.8 Å². The Morgan fingerprint density at radius 1 is 1.17 bits per heavy atom. The zero-order valence-electron chi connectivity index (χ0n) is 12.1. The summed E-state index contributed by atoms with van der Waals surface area (Å²) in [6, 6.07) is 0.424. The van der Waals surface area contributed by atoms with Crippen molar-refractivity contribution in [1.82, 2.24) is 5.32 Å². The van der Waals surface area contributed by atoms with Crippen LogP contribution in [0.4, 0.5) is 0 Å². The SMILES string of the molecule is CC(C)COCCOCCNC(C)C1CCCO1. The topological polar surface area (TPSA) is 39.7 Å². The van der Waals surface area contributed by atoms with Gasteiger partial charge in [-0.3, -0.25) is 0 Å². The van der Waals surface area contributed by atoms with Crippen LogP contribution in [0.5, 0.6) is 0 Å². The van der Waals surface area contributed by atoms with Crippen LogP contribution in [0, 0.1) is 5.92 Å². The zero-order chi connectivity index (χ0) is 13.2. The molecule has 1 rings (SSSR count). The van der Waals surface area contributed by atoms with Gasteiger partial charge < -0.3 is 19.5 Å². The van der Waals surface area contributed by atoms with Gasteiger partial charge in [-0.05, 0) is 25.7 Å². The Morgan fingerprint density at radius 2 is 1.94 bits per heavy atom. The lowest BCUT2D eigenvalue weighted by Crippen LogP contribution is -2.38. The van der Waals surface area contributed by atoms with Crippen molar-refractivity contribution in [3.8, 4) is 0 Å². The minimum atomic E-state index is 0.388. The molecule has 1 N–H and O–H groups in total. The van der Waals surface area contributed by atoms with Gasteiger partial charge in [0.15, 0.2) is 0 Å². The maximum absolute atomic E-state index is 5.62. The number of rotatable bonds is 10. The molecule has 1 saturated heterocycles. The lowest BCUT2D eigenvalue weighted by Gasteiger charge is -2.19. The van der Waals surface area contributed by atoms with Gasteiger partial charge in [-0.15, -0.1) is 0 Å². The first-order valence-corrected chi connectivity index (χ1v) is 7.20. The fraction of sp³-hybridized carbons (Fsp3) is 1.00. The van der Waals surface area contributed by atoms with Crippen molar-refractivity contribution < 1.29 is 14.2 Å². The molecule has 0 saturated carbocycles. The summed E-state index contributed by atoms with van der Waals surface area (Å²) in [7, 11) is 0. The van der Waals surface area contributed by atoms with E-state index in [-0.39, 0.29) is 0 Å². The fourth-order valence-corrected chi connectivity index (χ4v) is 2.03. The molecule has 0 bridgehead atoms. The molecule has 0 radical (unpaired) electrons. The molecule has 1 heterocycles. The first-order chi connectivity index (χ1) is 8.70. The Bertz CT molecular complexity index is 193. The van der Waals surface area contributed by atoms with E-state index < -0.39 is 0 Å². The molecule has 1 fully saturated rings. The standard InChI is InChI=1S/C14H29NO3/c1-12(2)11-17-10-9-16-8-6-15-13(3)14-5-4-7-18-14/h12-15H,4-11H2,1-3H3. The molecule has 18 heavy (non-hydrogen) atoms. The van der Waals surface area contributed by atoms with E-state index in [1.807, 2.05) is 0 Å². The molecule has 2 unspecified atom stereocenters. The molecule has 4 heteroatoms. The van der Waals surface area contributed by atoms with Gasteiger partial charge in [0.1, 0.15) is 0 Å². The van der Waals surface area contributed by atoms with Crippen LogP contribution in [0.15, 0.2) is 0 Å². The summed E-state index contributed by atoms with van der Waals surface area (Å²) < 4.78 is 16.6. The summed E-state index contributed by atoms with van der Waals surface area (Å²) in [5.74, 6) is 0.596. The molecular formula is C14H29NO3. The first-order valence-electron chi connectivity index (χ1n) is 7.20. The molecule has 0 amide bonds. The Morgan fingerprint density at radius 3 is 2.61 bits per heavy atom. The van der Waals surface area contributed by atoms with Crippen molar-refractivity contribution in [3.05, 3.63) is 0 Å². The fourth-order valence-electron chi connectivity index (χ4n) is 2.03. The second-order valence-electron chi connectivity index (χ2n) is 5.38. The van der Waals surface area contributed by atoms with Crippen molar-refractivity contribution in [2.24, 2.45) is 5.92 Å². The van der Waals surface area contributed by atoms with E-state index in [2.05, 4.69) is 26.1 Å². The highest BCUT2D eigenvalue weighted by molar-refractivity contribution is 4.76. The van der Waals surface area contributed by atoms with E-state index in [1.54, 1.807) is 0 Å². The van der Waals surface area contributed by atoms with Crippen molar-refractivity contribution in [2.45, 2.75) is 45.8 Å². The third-order valence-corrected chi connectivity index (χ3v) is 3.06. The van der Waals surface area contributed by atoms with E-state index in [0.717, 1.165) is 26.4 Å². The second kappa shape index (κ2) is 9.73. The minimum absolute atomic E-state index is 0.388. The van der Waals surface area contributed by atoms with Crippen molar-refractivity contribution >= 4 is 0 Å². The van der Waals surface area contributed by atoms with Crippen LogP contribution < -0.4 is 5.32 Å². The van der Waals surface area contributed by atoms with Crippen LogP contribution in [0.3, 0.4) is 0 Å². The van der Waals surface area contributed by atoms with Gasteiger partial charge in [0.2, 0.25) is 0 Å². The first kappa shape index (κ1) is 15.9. The molecule has 1 aliphatic heterocycles. The molecular weight excluding hydrogens is 230 g/mol. The summed E-state index contributed by atoms with van der Waals surface area (Å²) >= 11 is 0. The summed E-state index contributed by atoms with van der Waals surface area (Å²) in [6.45, 7) is 11.2. The smallest absolute Gasteiger partial charge is 0.0726 e. The van der Waals surface area contributed by atoms with Crippen LogP contribution in [-0.4, -0.2) is 51.7 Å². The quantitative estimate of drug-likeness (QED) is 0.608. The van der Waals surface area contributed by atoms with Crippen LogP contribution in [0.2, 0.25) is 0 Å². The van der Waals surface area contributed by atoms with E-state index >= 15 is 0 Å². The summed E-state index contributed by atoms with van der Waals surface area (Å²) in [4.78, 5) is 0. The average molecular weight is 259 g/mol. The Hall–Kier alpha value is -0.160. The zero-order valence-corrected chi connectivity index (χ0v) is 12.1. The van der Waals surface area contributed by atoms with Gasteiger partial charge in [0.25, 0.3) is 0 Å². The molecule has 2 atom stereocenters. The maximum Gasteiger partial charge on any atom is 0.0726 e. The van der Waals surface area contributed by atoms with E-state index in [0.29, 0.717) is 31.3 Å². The Labute approximate surface area is 111 Å². The highest BCUT2D eigenvalue weighted by atomic mass is 16.5. The molecule has 0 aromatic heterocycles. The lowest BCUT2D eigenvalue weighted by molar-refractivity contribution is 0.0354. The third kappa shape index (κ3) is 7.31. The van der Waals surface area contributed by atoms with E-state index in [9.17, 15) is 0 Å². The van der Waals surface area contributed by atoms with Crippen molar-refractivity contribution in [2.75, 3.05) is 39.6 Å². The third-order valence-electron chi connectivity index (χ3n) is 3.06. The predicted octanol–water partition coefficient (Wildman–Crippen LogP) is 1.83. The van der Waals surface area contributed by atoms with Crippen LogP contribution >= 0.6 is 0 Å². The predicted molar refractivity (Wildman–Crippen MR) is 72.9 cm³/mol. The van der Waals surface area contributed by atoms with E-state index in [4.69, 9.17) is 14.2 Å². The normalized spacial score (nSPS) is 21.7. The summed E-state index contributed by atoms with van der Waals surface area (Å²) in [5.41, 5.74) is 0. The molecule has 4 nitrogen and oxygen atoms in total. The van der Waals surface area contributed by atoms with Crippen LogP contribution in [0.25, 0.3) is 0 Å².